The van der Waals surface area contributed by atoms with Crippen molar-refractivity contribution in [2.75, 3.05) is 7.11 Å². The number of pyridine rings is 1. The van der Waals surface area contributed by atoms with Crippen molar-refractivity contribution in [1.29, 1.82) is 0 Å². The van der Waals surface area contributed by atoms with E-state index in [1.807, 2.05) is 25.1 Å². The molecule has 0 atom stereocenters. The van der Waals surface area contributed by atoms with Gasteiger partial charge in [-0.05, 0) is 18.6 Å². The van der Waals surface area contributed by atoms with Gasteiger partial charge in [0.2, 0.25) is 5.88 Å². The number of hydrogen-bond donors (Lipinski definition) is 1. The molecule has 5 nitrogen and oxygen atoms in total. The average Bonchev–Trinajstić information content (AvgIpc) is 2.39. The molecular formula is C13H16N4O. The van der Waals surface area contributed by atoms with Gasteiger partial charge in [0.05, 0.1) is 12.8 Å². The van der Waals surface area contributed by atoms with E-state index in [4.69, 9.17) is 10.5 Å². The summed E-state index contributed by atoms with van der Waals surface area (Å²) in [5, 5.41) is 0. The Hall–Kier alpha value is -2.01. The molecule has 0 aromatic carbocycles. The van der Waals surface area contributed by atoms with Crippen molar-refractivity contribution in [1.82, 2.24) is 15.0 Å². The summed E-state index contributed by atoms with van der Waals surface area (Å²) in [5.74, 6) is 1.37. The Kier molecular flexibility index (Phi) is 3.84. The molecule has 0 unspecified atom stereocenters. The molecule has 0 aliphatic heterocycles. The molecule has 0 amide bonds. The second-order valence-corrected chi connectivity index (χ2v) is 4.01. The average molecular weight is 244 g/mol. The van der Waals surface area contributed by atoms with Gasteiger partial charge in [0.15, 0.2) is 0 Å². The van der Waals surface area contributed by atoms with Crippen LogP contribution in [0.25, 0.3) is 0 Å². The minimum absolute atomic E-state index is 0.428. The molecule has 0 saturated heterocycles. The van der Waals surface area contributed by atoms with Gasteiger partial charge in [-0.1, -0.05) is 6.07 Å². The number of ether oxygens (including phenoxy) is 1. The van der Waals surface area contributed by atoms with Crippen molar-refractivity contribution in [3.05, 3.63) is 47.2 Å². The number of methoxy groups -OCH3 is 1. The molecule has 2 aromatic heterocycles. The number of hydrogen-bond acceptors (Lipinski definition) is 5. The van der Waals surface area contributed by atoms with Crippen LogP contribution in [-0.4, -0.2) is 22.1 Å². The Bertz CT molecular complexity index is 525. The van der Waals surface area contributed by atoms with Crippen LogP contribution in [0.4, 0.5) is 0 Å². The standard InChI is InChI=1S/C13H16N4O/c1-9-5-11(7-14)17-12(16-9)6-10-3-4-13(18-2)15-8-10/h3-5,8H,6-7,14H2,1-2H3. The molecule has 2 heterocycles. The Morgan fingerprint density at radius 1 is 1.28 bits per heavy atom. The molecule has 94 valence electrons. The van der Waals surface area contributed by atoms with Crippen molar-refractivity contribution < 1.29 is 4.74 Å². The number of aromatic nitrogens is 3. The fraction of sp³-hybridized carbons (Fsp3) is 0.308. The molecule has 0 saturated carbocycles. The maximum absolute atomic E-state index is 5.60. The normalized spacial score (nSPS) is 10.4. The minimum atomic E-state index is 0.428. The largest absolute Gasteiger partial charge is 0.481 e. The maximum atomic E-state index is 5.60. The second-order valence-electron chi connectivity index (χ2n) is 4.01. The van der Waals surface area contributed by atoms with Gasteiger partial charge in [0.1, 0.15) is 5.82 Å². The molecule has 0 aliphatic carbocycles. The lowest BCUT2D eigenvalue weighted by Crippen LogP contribution is -2.06. The predicted molar refractivity (Wildman–Crippen MR) is 68.3 cm³/mol. The summed E-state index contributed by atoms with van der Waals surface area (Å²) in [7, 11) is 1.60. The molecule has 2 N–H and O–H groups in total. The monoisotopic (exact) mass is 244 g/mol. The summed E-state index contributed by atoms with van der Waals surface area (Å²) in [6.45, 7) is 2.37. The lowest BCUT2D eigenvalue weighted by molar-refractivity contribution is 0.397. The van der Waals surface area contributed by atoms with E-state index < -0.39 is 0 Å². The van der Waals surface area contributed by atoms with Gasteiger partial charge in [-0.3, -0.25) is 0 Å². The lowest BCUT2D eigenvalue weighted by Gasteiger charge is -2.05. The van der Waals surface area contributed by atoms with E-state index in [2.05, 4.69) is 15.0 Å². The van der Waals surface area contributed by atoms with E-state index in [1.54, 1.807) is 13.3 Å². The van der Waals surface area contributed by atoms with E-state index in [0.717, 1.165) is 22.8 Å². The number of nitrogens with two attached hydrogens (primary N) is 1. The van der Waals surface area contributed by atoms with Gasteiger partial charge >= 0.3 is 0 Å². The van der Waals surface area contributed by atoms with Crippen LogP contribution < -0.4 is 10.5 Å². The fourth-order valence-corrected chi connectivity index (χ4v) is 1.70. The van der Waals surface area contributed by atoms with E-state index in [0.29, 0.717) is 18.8 Å². The molecule has 0 fully saturated rings. The molecule has 0 spiro atoms. The van der Waals surface area contributed by atoms with Crippen LogP contribution in [0.2, 0.25) is 0 Å². The van der Waals surface area contributed by atoms with Crippen molar-refractivity contribution in [3.63, 3.8) is 0 Å². The first kappa shape index (κ1) is 12.4. The first-order chi connectivity index (χ1) is 8.71. The topological polar surface area (TPSA) is 73.9 Å². The Morgan fingerprint density at radius 2 is 2.11 bits per heavy atom. The number of nitrogens with zero attached hydrogens (tertiary/aromatic N) is 3. The minimum Gasteiger partial charge on any atom is -0.481 e. The third kappa shape index (κ3) is 3.01. The van der Waals surface area contributed by atoms with Crippen LogP contribution in [0, 0.1) is 6.92 Å². The van der Waals surface area contributed by atoms with Gasteiger partial charge in [-0.25, -0.2) is 15.0 Å². The quantitative estimate of drug-likeness (QED) is 0.875. The van der Waals surface area contributed by atoms with Crippen molar-refractivity contribution >= 4 is 0 Å². The van der Waals surface area contributed by atoms with Gasteiger partial charge in [0, 0.05) is 30.9 Å². The molecule has 0 bridgehead atoms. The van der Waals surface area contributed by atoms with E-state index in [-0.39, 0.29) is 0 Å². The second kappa shape index (κ2) is 5.55. The molecular weight excluding hydrogens is 228 g/mol. The summed E-state index contributed by atoms with van der Waals surface area (Å²) in [6.07, 6.45) is 2.42. The highest BCUT2D eigenvalue weighted by Gasteiger charge is 2.03. The Labute approximate surface area is 106 Å². The molecule has 2 rings (SSSR count). The Morgan fingerprint density at radius 3 is 2.72 bits per heavy atom. The lowest BCUT2D eigenvalue weighted by atomic mass is 10.2. The zero-order chi connectivity index (χ0) is 13.0. The highest BCUT2D eigenvalue weighted by molar-refractivity contribution is 5.21. The van der Waals surface area contributed by atoms with Crippen LogP contribution in [0.15, 0.2) is 24.4 Å². The van der Waals surface area contributed by atoms with Crippen molar-refractivity contribution in [3.8, 4) is 5.88 Å². The predicted octanol–water partition coefficient (Wildman–Crippen LogP) is 1.24. The van der Waals surface area contributed by atoms with Crippen molar-refractivity contribution in [2.24, 2.45) is 5.73 Å². The number of aryl methyl sites for hydroxylation is 1. The zero-order valence-corrected chi connectivity index (χ0v) is 10.6. The third-order valence-corrected chi connectivity index (χ3v) is 2.53. The smallest absolute Gasteiger partial charge is 0.212 e. The van der Waals surface area contributed by atoms with Gasteiger partial charge in [0.25, 0.3) is 0 Å². The van der Waals surface area contributed by atoms with Gasteiger partial charge in [-0.2, -0.15) is 0 Å². The van der Waals surface area contributed by atoms with Gasteiger partial charge < -0.3 is 10.5 Å². The first-order valence-electron chi connectivity index (χ1n) is 5.73. The molecule has 5 heteroatoms. The van der Waals surface area contributed by atoms with Crippen LogP contribution in [0.5, 0.6) is 5.88 Å². The van der Waals surface area contributed by atoms with Crippen LogP contribution in [0.1, 0.15) is 22.8 Å². The van der Waals surface area contributed by atoms with E-state index in [1.165, 1.54) is 0 Å². The third-order valence-electron chi connectivity index (χ3n) is 2.53. The maximum Gasteiger partial charge on any atom is 0.212 e. The Balaban J connectivity index is 2.19. The SMILES string of the molecule is COc1ccc(Cc2nc(C)cc(CN)n2)cn1. The van der Waals surface area contributed by atoms with Crippen LogP contribution in [0.3, 0.4) is 0 Å². The van der Waals surface area contributed by atoms with Crippen molar-refractivity contribution in [2.45, 2.75) is 19.9 Å². The molecule has 0 aliphatic rings. The summed E-state index contributed by atoms with van der Waals surface area (Å²) >= 11 is 0. The van der Waals surface area contributed by atoms with Crippen LogP contribution >= 0.6 is 0 Å². The molecule has 2 aromatic rings. The highest BCUT2D eigenvalue weighted by Crippen LogP contribution is 2.10. The van der Waals surface area contributed by atoms with E-state index in [9.17, 15) is 0 Å². The molecule has 18 heavy (non-hydrogen) atoms. The number of rotatable bonds is 4. The van der Waals surface area contributed by atoms with E-state index >= 15 is 0 Å². The summed E-state index contributed by atoms with van der Waals surface area (Å²) in [4.78, 5) is 12.9. The van der Waals surface area contributed by atoms with Gasteiger partial charge in [-0.15, -0.1) is 0 Å². The fourth-order valence-electron chi connectivity index (χ4n) is 1.70. The molecule has 0 radical (unpaired) electrons. The summed E-state index contributed by atoms with van der Waals surface area (Å²) < 4.78 is 5.02. The highest BCUT2D eigenvalue weighted by atomic mass is 16.5. The summed E-state index contributed by atoms with van der Waals surface area (Å²) in [6, 6.07) is 5.68. The first-order valence-corrected chi connectivity index (χ1v) is 5.73. The summed E-state index contributed by atoms with van der Waals surface area (Å²) in [5.41, 5.74) is 8.44. The zero-order valence-electron chi connectivity index (χ0n) is 10.6. The van der Waals surface area contributed by atoms with Crippen LogP contribution in [-0.2, 0) is 13.0 Å².